The molecule has 0 bridgehead atoms. The summed E-state index contributed by atoms with van der Waals surface area (Å²) >= 11 is 0. The van der Waals surface area contributed by atoms with Gasteiger partial charge in [-0.15, -0.1) is 34.2 Å². The summed E-state index contributed by atoms with van der Waals surface area (Å²) in [6.45, 7) is 15.6. The van der Waals surface area contributed by atoms with Crippen LogP contribution in [0.3, 0.4) is 0 Å². The summed E-state index contributed by atoms with van der Waals surface area (Å²) in [4.78, 5) is 7.22. The molecule has 2 rings (SSSR count). The van der Waals surface area contributed by atoms with Gasteiger partial charge in [0.15, 0.2) is 5.96 Å². The molecule has 8 heteroatoms. The average Bonchev–Trinajstić information content (AvgIpc) is 2.85. The van der Waals surface area contributed by atoms with Crippen molar-refractivity contribution in [2.75, 3.05) is 26.2 Å². The zero-order valence-corrected chi connectivity index (χ0v) is 20.7. The van der Waals surface area contributed by atoms with Crippen LogP contribution in [0.5, 0.6) is 0 Å². The van der Waals surface area contributed by atoms with Gasteiger partial charge in [0, 0.05) is 51.1 Å². The van der Waals surface area contributed by atoms with Gasteiger partial charge in [0.05, 0.1) is 6.54 Å². The lowest BCUT2D eigenvalue weighted by atomic mass is 10.2. The van der Waals surface area contributed by atoms with Gasteiger partial charge >= 0.3 is 0 Å². The fourth-order valence-corrected chi connectivity index (χ4v) is 3.75. The van der Waals surface area contributed by atoms with Crippen LogP contribution in [-0.2, 0) is 19.4 Å². The molecule has 1 aliphatic rings. The Morgan fingerprint density at radius 1 is 1.11 bits per heavy atom. The van der Waals surface area contributed by atoms with Crippen molar-refractivity contribution in [2.45, 2.75) is 85.4 Å². The Kier molecular flexibility index (Phi) is 12.0. The highest BCUT2D eigenvalue weighted by molar-refractivity contribution is 14.0. The average molecular weight is 505 g/mol. The molecule has 28 heavy (non-hydrogen) atoms. The molecule has 0 saturated carbocycles. The number of halogens is 1. The summed E-state index contributed by atoms with van der Waals surface area (Å²) in [7, 11) is 0. The minimum absolute atomic E-state index is 0. The first-order valence-electron chi connectivity index (χ1n) is 10.7. The van der Waals surface area contributed by atoms with E-state index in [4.69, 9.17) is 4.99 Å². The first-order chi connectivity index (χ1) is 13.0. The molecule has 0 unspecified atom stereocenters. The third-order valence-electron chi connectivity index (χ3n) is 5.13. The highest BCUT2D eigenvalue weighted by atomic mass is 127. The molecule has 2 N–H and O–H groups in total. The maximum atomic E-state index is 4.75. The maximum absolute atomic E-state index is 4.75. The van der Waals surface area contributed by atoms with Gasteiger partial charge in [0.1, 0.15) is 11.6 Å². The topological polar surface area (TPSA) is 70.4 Å². The van der Waals surface area contributed by atoms with Crippen LogP contribution in [0.4, 0.5) is 0 Å². The van der Waals surface area contributed by atoms with E-state index in [1.165, 1.54) is 19.3 Å². The molecule has 0 atom stereocenters. The standard InChI is InChI=1S/C20H39N7.HI/c1-6-21-20(23-13-15-26(16(2)3)17(4)5)22-12-11-19-25-24-18-10-8-7-9-14-27(18)19;/h16-17H,6-15H2,1-5H3,(H2,21,22,23);1H. The van der Waals surface area contributed by atoms with E-state index in [1.807, 2.05) is 0 Å². The molecule has 0 radical (unpaired) electrons. The van der Waals surface area contributed by atoms with Crippen LogP contribution in [0.25, 0.3) is 0 Å². The molecule has 1 aromatic heterocycles. The first-order valence-corrected chi connectivity index (χ1v) is 10.7. The summed E-state index contributed by atoms with van der Waals surface area (Å²) in [6, 6.07) is 1.08. The molecule has 2 heterocycles. The van der Waals surface area contributed by atoms with Gasteiger partial charge < -0.3 is 15.2 Å². The predicted molar refractivity (Wildman–Crippen MR) is 128 cm³/mol. The van der Waals surface area contributed by atoms with Gasteiger partial charge in [-0.3, -0.25) is 9.89 Å². The minimum atomic E-state index is 0. The van der Waals surface area contributed by atoms with Gasteiger partial charge in [-0.2, -0.15) is 0 Å². The molecule has 0 aliphatic carbocycles. The normalized spacial score (nSPS) is 14.8. The molecule has 0 aromatic carbocycles. The Bertz CT molecular complexity index is 575. The predicted octanol–water partition coefficient (Wildman–Crippen LogP) is 2.84. The summed E-state index contributed by atoms with van der Waals surface area (Å²) in [5.41, 5.74) is 0. The van der Waals surface area contributed by atoms with E-state index in [0.29, 0.717) is 12.1 Å². The number of aliphatic imine (C=N–C) groups is 1. The number of aromatic nitrogens is 3. The van der Waals surface area contributed by atoms with Crippen LogP contribution in [0.2, 0.25) is 0 Å². The van der Waals surface area contributed by atoms with Gasteiger partial charge in [0.2, 0.25) is 0 Å². The SMILES string of the molecule is CCNC(=NCCN(C(C)C)C(C)C)NCCc1nnc2n1CCCCC2.I. The number of hydrogen-bond donors (Lipinski definition) is 2. The highest BCUT2D eigenvalue weighted by Crippen LogP contribution is 2.14. The number of rotatable bonds is 9. The van der Waals surface area contributed by atoms with Crippen molar-refractivity contribution in [3.05, 3.63) is 11.6 Å². The molecule has 1 aromatic rings. The third-order valence-corrected chi connectivity index (χ3v) is 5.13. The summed E-state index contributed by atoms with van der Waals surface area (Å²) in [5, 5.41) is 15.6. The summed E-state index contributed by atoms with van der Waals surface area (Å²) < 4.78 is 2.32. The Labute approximate surface area is 188 Å². The maximum Gasteiger partial charge on any atom is 0.191 e. The van der Waals surface area contributed by atoms with Crippen LogP contribution >= 0.6 is 24.0 Å². The fraction of sp³-hybridized carbons (Fsp3) is 0.850. The van der Waals surface area contributed by atoms with E-state index in [1.54, 1.807) is 0 Å². The van der Waals surface area contributed by atoms with Crippen molar-refractivity contribution in [2.24, 2.45) is 4.99 Å². The zero-order chi connectivity index (χ0) is 19.6. The van der Waals surface area contributed by atoms with Crippen LogP contribution in [0.1, 0.15) is 65.5 Å². The largest absolute Gasteiger partial charge is 0.357 e. The molecule has 7 nitrogen and oxygen atoms in total. The molecule has 162 valence electrons. The molecular weight excluding hydrogens is 465 g/mol. The zero-order valence-electron chi connectivity index (χ0n) is 18.4. The quantitative estimate of drug-likeness (QED) is 0.307. The third kappa shape index (κ3) is 7.85. The van der Waals surface area contributed by atoms with E-state index in [0.717, 1.165) is 63.2 Å². The van der Waals surface area contributed by atoms with Gasteiger partial charge in [-0.25, -0.2) is 0 Å². The van der Waals surface area contributed by atoms with Crippen molar-refractivity contribution in [1.82, 2.24) is 30.3 Å². The number of nitrogens with one attached hydrogen (secondary N) is 2. The molecule has 0 amide bonds. The molecular formula is C20H40IN7. The summed E-state index contributed by atoms with van der Waals surface area (Å²) in [5.74, 6) is 3.15. The van der Waals surface area contributed by atoms with E-state index in [-0.39, 0.29) is 24.0 Å². The smallest absolute Gasteiger partial charge is 0.191 e. The fourth-order valence-electron chi connectivity index (χ4n) is 3.75. The van der Waals surface area contributed by atoms with Gasteiger partial charge in [-0.05, 0) is 47.5 Å². The van der Waals surface area contributed by atoms with Crippen LogP contribution < -0.4 is 10.6 Å². The Morgan fingerprint density at radius 3 is 2.54 bits per heavy atom. The number of fused-ring (bicyclic) bond motifs is 1. The van der Waals surface area contributed by atoms with Crippen LogP contribution in [-0.4, -0.2) is 63.9 Å². The second kappa shape index (κ2) is 13.3. The number of guanidine groups is 1. The van der Waals surface area contributed by atoms with E-state index in [2.05, 4.69) is 64.9 Å². The molecule has 0 saturated heterocycles. The number of hydrogen-bond acceptors (Lipinski definition) is 4. The van der Waals surface area contributed by atoms with Crippen molar-refractivity contribution >= 4 is 29.9 Å². The van der Waals surface area contributed by atoms with E-state index in [9.17, 15) is 0 Å². The van der Waals surface area contributed by atoms with Crippen LogP contribution in [0.15, 0.2) is 4.99 Å². The van der Waals surface area contributed by atoms with Crippen LogP contribution in [0, 0.1) is 0 Å². The summed E-state index contributed by atoms with van der Waals surface area (Å²) in [6.07, 6.45) is 5.70. The first kappa shape index (κ1) is 25.1. The van der Waals surface area contributed by atoms with Crippen molar-refractivity contribution < 1.29 is 0 Å². The Hall–Kier alpha value is -0.900. The van der Waals surface area contributed by atoms with Gasteiger partial charge in [-0.1, -0.05) is 6.42 Å². The number of nitrogens with zero attached hydrogens (tertiary/aromatic N) is 5. The Morgan fingerprint density at radius 2 is 1.86 bits per heavy atom. The lowest BCUT2D eigenvalue weighted by Crippen LogP contribution is -2.41. The highest BCUT2D eigenvalue weighted by Gasteiger charge is 2.15. The lowest BCUT2D eigenvalue weighted by Gasteiger charge is -2.29. The van der Waals surface area contributed by atoms with Crippen molar-refractivity contribution in [3.63, 3.8) is 0 Å². The van der Waals surface area contributed by atoms with Crippen molar-refractivity contribution in [1.29, 1.82) is 0 Å². The van der Waals surface area contributed by atoms with E-state index >= 15 is 0 Å². The molecule has 1 aliphatic heterocycles. The lowest BCUT2D eigenvalue weighted by molar-refractivity contribution is 0.181. The Balaban J connectivity index is 0.00000392. The molecule has 0 fully saturated rings. The van der Waals surface area contributed by atoms with Gasteiger partial charge in [0.25, 0.3) is 0 Å². The van der Waals surface area contributed by atoms with E-state index < -0.39 is 0 Å². The molecule has 0 spiro atoms. The minimum Gasteiger partial charge on any atom is -0.357 e. The number of aryl methyl sites for hydroxylation is 1. The monoisotopic (exact) mass is 505 g/mol. The van der Waals surface area contributed by atoms with Crippen molar-refractivity contribution in [3.8, 4) is 0 Å². The second-order valence-corrected chi connectivity index (χ2v) is 7.86. The second-order valence-electron chi connectivity index (χ2n) is 7.86.